The highest BCUT2D eigenvalue weighted by Crippen LogP contribution is 2.26. The Morgan fingerprint density at radius 2 is 1.86 bits per heavy atom. The van der Waals surface area contributed by atoms with E-state index in [-0.39, 0.29) is 5.78 Å². The lowest BCUT2D eigenvalue weighted by atomic mass is 10.1. The number of benzene rings is 2. The first-order valence-corrected chi connectivity index (χ1v) is 10.0. The second-order valence-corrected chi connectivity index (χ2v) is 7.76. The van der Waals surface area contributed by atoms with E-state index in [9.17, 15) is 4.79 Å². The van der Waals surface area contributed by atoms with Crippen molar-refractivity contribution in [2.75, 3.05) is 39.3 Å². The molecule has 5 rings (SSSR count). The van der Waals surface area contributed by atoms with Gasteiger partial charge in [-0.05, 0) is 23.3 Å². The highest BCUT2D eigenvalue weighted by Gasteiger charge is 2.21. The first-order chi connectivity index (χ1) is 13.8. The van der Waals surface area contributed by atoms with Gasteiger partial charge in [0.1, 0.15) is 5.75 Å². The third-order valence-electron chi connectivity index (χ3n) is 5.88. The number of carbonyl (C=O) groups excluding carboxylic acids is 1. The standard InChI is InChI=1S/C23H25N3O2/c27-22(20-14-24-21-4-2-1-3-19(20)21)16-26-10-8-25(9-11-26)15-17-5-6-23-18(13-17)7-12-28-23/h1-6,13-14,24H,7-12,15-16H2. The van der Waals surface area contributed by atoms with Gasteiger partial charge in [-0.15, -0.1) is 0 Å². The maximum Gasteiger partial charge on any atom is 0.178 e. The Morgan fingerprint density at radius 3 is 2.75 bits per heavy atom. The molecular formula is C23H25N3O2. The van der Waals surface area contributed by atoms with Crippen LogP contribution in [0.15, 0.2) is 48.7 Å². The number of ketones is 1. The summed E-state index contributed by atoms with van der Waals surface area (Å²) < 4.78 is 5.60. The van der Waals surface area contributed by atoms with Gasteiger partial charge in [-0.2, -0.15) is 0 Å². The van der Waals surface area contributed by atoms with Gasteiger partial charge in [-0.3, -0.25) is 14.6 Å². The molecule has 0 amide bonds. The molecule has 28 heavy (non-hydrogen) atoms. The van der Waals surface area contributed by atoms with Gasteiger partial charge in [-0.25, -0.2) is 0 Å². The molecule has 1 fully saturated rings. The molecule has 144 valence electrons. The summed E-state index contributed by atoms with van der Waals surface area (Å²) in [6.07, 6.45) is 2.87. The van der Waals surface area contributed by atoms with E-state index in [1.807, 2.05) is 30.5 Å². The van der Waals surface area contributed by atoms with E-state index in [4.69, 9.17) is 4.74 Å². The summed E-state index contributed by atoms with van der Waals surface area (Å²) in [5.74, 6) is 1.24. The second-order valence-electron chi connectivity index (χ2n) is 7.76. The zero-order valence-electron chi connectivity index (χ0n) is 16.0. The van der Waals surface area contributed by atoms with Crippen molar-refractivity contribution in [2.45, 2.75) is 13.0 Å². The van der Waals surface area contributed by atoms with Crippen molar-refractivity contribution in [1.82, 2.24) is 14.8 Å². The lowest BCUT2D eigenvalue weighted by Crippen LogP contribution is -2.47. The summed E-state index contributed by atoms with van der Waals surface area (Å²) in [6.45, 7) is 6.12. The lowest BCUT2D eigenvalue weighted by Gasteiger charge is -2.34. The predicted molar refractivity (Wildman–Crippen MR) is 110 cm³/mol. The number of piperazine rings is 1. The predicted octanol–water partition coefficient (Wildman–Crippen LogP) is 3.10. The number of hydrogen-bond acceptors (Lipinski definition) is 4. The topological polar surface area (TPSA) is 48.6 Å². The van der Waals surface area contributed by atoms with Crippen molar-refractivity contribution in [3.8, 4) is 5.75 Å². The van der Waals surface area contributed by atoms with Crippen LogP contribution in [0.25, 0.3) is 10.9 Å². The first-order valence-electron chi connectivity index (χ1n) is 10.0. The summed E-state index contributed by atoms with van der Waals surface area (Å²) in [5.41, 5.74) is 4.52. The van der Waals surface area contributed by atoms with Gasteiger partial charge >= 0.3 is 0 Å². The number of H-pyrrole nitrogens is 1. The van der Waals surface area contributed by atoms with Crippen LogP contribution in [0.1, 0.15) is 21.5 Å². The molecule has 1 saturated heterocycles. The van der Waals surface area contributed by atoms with E-state index >= 15 is 0 Å². The zero-order chi connectivity index (χ0) is 18.9. The molecule has 3 heterocycles. The number of rotatable bonds is 5. The van der Waals surface area contributed by atoms with Crippen LogP contribution in [-0.2, 0) is 13.0 Å². The molecule has 5 nitrogen and oxygen atoms in total. The molecule has 5 heteroatoms. The van der Waals surface area contributed by atoms with Gasteiger partial charge in [-0.1, -0.05) is 30.3 Å². The summed E-state index contributed by atoms with van der Waals surface area (Å²) >= 11 is 0. The maximum atomic E-state index is 12.8. The molecule has 0 saturated carbocycles. The number of Topliss-reactive ketones (excluding diaryl/α,β-unsaturated/α-hetero) is 1. The third-order valence-corrected chi connectivity index (χ3v) is 5.88. The fourth-order valence-electron chi connectivity index (χ4n) is 4.29. The highest BCUT2D eigenvalue weighted by molar-refractivity contribution is 6.08. The molecule has 0 unspecified atom stereocenters. The van der Waals surface area contributed by atoms with Crippen molar-refractivity contribution < 1.29 is 9.53 Å². The Kier molecular flexibility index (Phi) is 4.63. The van der Waals surface area contributed by atoms with Crippen LogP contribution < -0.4 is 4.74 Å². The maximum absolute atomic E-state index is 12.8. The monoisotopic (exact) mass is 375 g/mol. The number of carbonyl (C=O) groups is 1. The molecular weight excluding hydrogens is 350 g/mol. The fraction of sp³-hybridized carbons (Fsp3) is 0.348. The van der Waals surface area contributed by atoms with Crippen molar-refractivity contribution in [3.05, 3.63) is 65.4 Å². The van der Waals surface area contributed by atoms with Crippen LogP contribution in [-0.4, -0.2) is 59.9 Å². The largest absolute Gasteiger partial charge is 0.493 e. The molecule has 2 aliphatic heterocycles. The van der Waals surface area contributed by atoms with Gasteiger partial charge in [0.25, 0.3) is 0 Å². The van der Waals surface area contributed by atoms with E-state index in [0.29, 0.717) is 6.54 Å². The Bertz CT molecular complexity index is 1000. The third kappa shape index (κ3) is 3.43. The van der Waals surface area contributed by atoms with Gasteiger partial charge < -0.3 is 9.72 Å². The zero-order valence-corrected chi connectivity index (χ0v) is 16.0. The van der Waals surface area contributed by atoms with Crippen LogP contribution in [0.2, 0.25) is 0 Å². The molecule has 2 aliphatic rings. The van der Waals surface area contributed by atoms with Crippen molar-refractivity contribution >= 4 is 16.7 Å². The summed E-state index contributed by atoms with van der Waals surface area (Å²) in [4.78, 5) is 20.7. The molecule has 0 spiro atoms. The first kappa shape index (κ1) is 17.5. The van der Waals surface area contributed by atoms with Gasteiger partial charge in [0.15, 0.2) is 5.78 Å². The Balaban J connectivity index is 1.16. The average molecular weight is 375 g/mol. The molecule has 1 N–H and O–H groups in total. The van der Waals surface area contributed by atoms with Crippen molar-refractivity contribution in [2.24, 2.45) is 0 Å². The van der Waals surface area contributed by atoms with Crippen LogP contribution in [0.5, 0.6) is 5.75 Å². The normalized spacial score (nSPS) is 17.6. The second kappa shape index (κ2) is 7.41. The quantitative estimate of drug-likeness (QED) is 0.696. The minimum atomic E-state index is 0.199. The minimum absolute atomic E-state index is 0.199. The van der Waals surface area contributed by atoms with E-state index in [2.05, 4.69) is 33.0 Å². The van der Waals surface area contributed by atoms with Crippen LogP contribution >= 0.6 is 0 Å². The fourth-order valence-corrected chi connectivity index (χ4v) is 4.29. The van der Waals surface area contributed by atoms with Gasteiger partial charge in [0.2, 0.25) is 0 Å². The van der Waals surface area contributed by atoms with E-state index in [1.54, 1.807) is 0 Å². The number of aromatic nitrogens is 1. The summed E-state index contributed by atoms with van der Waals surface area (Å²) in [7, 11) is 0. The van der Waals surface area contributed by atoms with Crippen LogP contribution in [0, 0.1) is 0 Å². The Labute approximate surface area is 164 Å². The molecule has 0 atom stereocenters. The Hall–Kier alpha value is -2.63. The number of hydrogen-bond donors (Lipinski definition) is 1. The van der Waals surface area contributed by atoms with Gasteiger partial charge in [0, 0.05) is 61.8 Å². The number of nitrogens with zero attached hydrogens (tertiary/aromatic N) is 2. The number of para-hydroxylation sites is 1. The van der Waals surface area contributed by atoms with E-state index in [1.165, 1.54) is 11.1 Å². The molecule has 0 aliphatic carbocycles. The summed E-state index contributed by atoms with van der Waals surface area (Å²) in [5, 5.41) is 1.02. The smallest absolute Gasteiger partial charge is 0.178 e. The Morgan fingerprint density at radius 1 is 1.04 bits per heavy atom. The average Bonchev–Trinajstić information content (AvgIpc) is 3.36. The van der Waals surface area contributed by atoms with E-state index in [0.717, 1.165) is 68.0 Å². The molecule has 2 aromatic carbocycles. The molecule has 3 aromatic rings. The van der Waals surface area contributed by atoms with E-state index < -0.39 is 0 Å². The number of aromatic amines is 1. The van der Waals surface area contributed by atoms with Crippen molar-refractivity contribution in [1.29, 1.82) is 0 Å². The molecule has 0 radical (unpaired) electrons. The van der Waals surface area contributed by atoms with Crippen molar-refractivity contribution in [3.63, 3.8) is 0 Å². The van der Waals surface area contributed by atoms with Crippen LogP contribution in [0.4, 0.5) is 0 Å². The number of fused-ring (bicyclic) bond motifs is 2. The molecule has 1 aromatic heterocycles. The molecule has 0 bridgehead atoms. The van der Waals surface area contributed by atoms with Gasteiger partial charge in [0.05, 0.1) is 13.2 Å². The number of nitrogens with one attached hydrogen (secondary N) is 1. The summed E-state index contributed by atoms with van der Waals surface area (Å²) in [6, 6.07) is 14.6. The number of ether oxygens (including phenoxy) is 1. The SMILES string of the molecule is O=C(CN1CCN(Cc2ccc3c(c2)CCO3)CC1)c1c[nH]c2ccccc12. The lowest BCUT2D eigenvalue weighted by molar-refractivity contribution is 0.0845. The van der Waals surface area contributed by atoms with Crippen LogP contribution in [0.3, 0.4) is 0 Å². The minimum Gasteiger partial charge on any atom is -0.493 e. The highest BCUT2D eigenvalue weighted by atomic mass is 16.5.